The molecular weight excluding hydrogens is 281 g/mol. The average molecular weight is 292 g/mol. The lowest BCUT2D eigenvalue weighted by atomic mass is 10.3. The Bertz CT molecular complexity index is 554. The van der Waals surface area contributed by atoms with Crippen LogP contribution in [0.2, 0.25) is 0 Å². The fourth-order valence-corrected chi connectivity index (χ4v) is 2.07. The van der Waals surface area contributed by atoms with E-state index in [2.05, 4.69) is 15.0 Å². The summed E-state index contributed by atoms with van der Waals surface area (Å²) in [4.78, 5) is 14.2. The van der Waals surface area contributed by atoms with Crippen molar-refractivity contribution in [3.05, 3.63) is 18.2 Å². The number of nitrogens with one attached hydrogen (secondary N) is 1. The maximum absolute atomic E-state index is 12.0. The minimum Gasteiger partial charge on any atom is -0.406 e. The summed E-state index contributed by atoms with van der Waals surface area (Å²) in [6.45, 7) is 4.00. The van der Waals surface area contributed by atoms with Crippen LogP contribution in [-0.2, 0) is 4.79 Å². The van der Waals surface area contributed by atoms with E-state index in [-0.39, 0.29) is 5.75 Å². The van der Waals surface area contributed by atoms with E-state index in [1.54, 1.807) is 0 Å². The topological polar surface area (TPSA) is 51.2 Å². The van der Waals surface area contributed by atoms with Crippen molar-refractivity contribution in [1.82, 2.24) is 4.98 Å². The van der Waals surface area contributed by atoms with Crippen LogP contribution in [0.1, 0.15) is 13.8 Å². The van der Waals surface area contributed by atoms with Crippen molar-refractivity contribution in [1.29, 1.82) is 0 Å². The number of amides is 1. The van der Waals surface area contributed by atoms with Crippen LogP contribution in [-0.4, -0.2) is 17.8 Å². The van der Waals surface area contributed by atoms with Crippen molar-refractivity contribution in [2.75, 3.05) is 5.32 Å². The second kappa shape index (κ2) is 6.37. The summed E-state index contributed by atoms with van der Waals surface area (Å²) in [5.41, 5.74) is 0.494. The van der Waals surface area contributed by atoms with E-state index >= 15 is 0 Å². The van der Waals surface area contributed by atoms with Gasteiger partial charge in [-0.25, -0.2) is 4.98 Å². The van der Waals surface area contributed by atoms with Gasteiger partial charge in [0, 0.05) is 6.07 Å². The van der Waals surface area contributed by atoms with Crippen molar-refractivity contribution in [3.8, 4) is 5.75 Å². The number of rotatable bonds is 3. The molecule has 0 saturated heterocycles. The minimum absolute atomic E-state index is 0.314. The van der Waals surface area contributed by atoms with Crippen LogP contribution in [0.4, 0.5) is 18.3 Å². The standard InChI is InChI=1S/C9H5F3N2O2S.C2H6/c10-9(11,12)16-5-1-2-6-7(3-5)17-8(14-6)13-4-15;1-2/h1-4H,(H,13,14,15);1-2H3. The van der Waals surface area contributed by atoms with Gasteiger partial charge < -0.3 is 10.1 Å². The van der Waals surface area contributed by atoms with Crippen molar-refractivity contribution in [3.63, 3.8) is 0 Å². The van der Waals surface area contributed by atoms with Gasteiger partial charge in [0.2, 0.25) is 6.41 Å². The number of hydrogen-bond acceptors (Lipinski definition) is 4. The third kappa shape index (κ3) is 4.40. The van der Waals surface area contributed by atoms with Crippen LogP contribution < -0.4 is 10.1 Å². The normalized spacial score (nSPS) is 10.6. The summed E-state index contributed by atoms with van der Waals surface area (Å²) in [5, 5.41) is 2.65. The molecule has 0 aliphatic carbocycles. The molecule has 0 aliphatic heterocycles. The van der Waals surface area contributed by atoms with E-state index in [1.165, 1.54) is 18.2 Å². The molecule has 1 aromatic heterocycles. The first-order chi connectivity index (χ1) is 8.98. The molecule has 0 aliphatic rings. The highest BCUT2D eigenvalue weighted by Gasteiger charge is 2.31. The molecule has 2 aromatic rings. The van der Waals surface area contributed by atoms with E-state index < -0.39 is 6.36 Å². The lowest BCUT2D eigenvalue weighted by Gasteiger charge is -2.07. The summed E-state index contributed by atoms with van der Waals surface area (Å²) in [6.07, 6.45) is -4.27. The Morgan fingerprint density at radius 1 is 1.37 bits per heavy atom. The highest BCUT2D eigenvalue weighted by atomic mass is 32.1. The number of thiazole rings is 1. The number of alkyl halides is 3. The molecule has 2 rings (SSSR count). The Morgan fingerprint density at radius 3 is 2.63 bits per heavy atom. The third-order valence-corrected chi connectivity index (χ3v) is 2.73. The highest BCUT2D eigenvalue weighted by molar-refractivity contribution is 7.22. The molecule has 0 radical (unpaired) electrons. The Labute approximate surface area is 111 Å². The van der Waals surface area contributed by atoms with Gasteiger partial charge in [-0.2, -0.15) is 0 Å². The van der Waals surface area contributed by atoms with Crippen LogP contribution in [0.5, 0.6) is 5.75 Å². The predicted molar refractivity (Wildman–Crippen MR) is 67.3 cm³/mol. The quantitative estimate of drug-likeness (QED) is 0.876. The summed E-state index contributed by atoms with van der Waals surface area (Å²) >= 11 is 1.06. The van der Waals surface area contributed by atoms with Crippen LogP contribution in [0, 0.1) is 0 Å². The van der Waals surface area contributed by atoms with Crippen molar-refractivity contribution < 1.29 is 22.7 Å². The lowest BCUT2D eigenvalue weighted by Crippen LogP contribution is -2.16. The molecule has 1 amide bonds. The number of nitrogens with zero attached hydrogens (tertiary/aromatic N) is 1. The van der Waals surface area contributed by atoms with Gasteiger partial charge in [0.1, 0.15) is 5.75 Å². The summed E-state index contributed by atoms with van der Waals surface area (Å²) < 4.78 is 40.2. The number of aromatic nitrogens is 1. The fraction of sp³-hybridized carbons (Fsp3) is 0.273. The molecule has 1 aromatic carbocycles. The zero-order valence-electron chi connectivity index (χ0n) is 10.1. The molecule has 19 heavy (non-hydrogen) atoms. The Morgan fingerprint density at radius 2 is 2.05 bits per heavy atom. The van der Waals surface area contributed by atoms with Crippen LogP contribution >= 0.6 is 11.3 Å². The van der Waals surface area contributed by atoms with E-state index in [9.17, 15) is 18.0 Å². The SMILES string of the molecule is CC.O=CNc1nc2ccc(OC(F)(F)F)cc2s1. The molecule has 0 bridgehead atoms. The van der Waals surface area contributed by atoms with Gasteiger partial charge in [-0.3, -0.25) is 4.79 Å². The number of hydrogen-bond donors (Lipinski definition) is 1. The lowest BCUT2D eigenvalue weighted by molar-refractivity contribution is -0.274. The number of carbonyl (C=O) groups excluding carboxylic acids is 1. The summed E-state index contributed by atoms with van der Waals surface area (Å²) in [6, 6.07) is 3.78. The predicted octanol–water partition coefficient (Wildman–Crippen LogP) is 3.79. The molecule has 8 heteroatoms. The van der Waals surface area contributed by atoms with Crippen molar-refractivity contribution in [2.24, 2.45) is 0 Å². The second-order valence-corrected chi connectivity index (χ2v) is 3.99. The summed E-state index contributed by atoms with van der Waals surface area (Å²) in [7, 11) is 0. The smallest absolute Gasteiger partial charge is 0.406 e. The maximum atomic E-state index is 12.0. The molecule has 0 saturated carbocycles. The van der Waals surface area contributed by atoms with Gasteiger partial charge in [0.15, 0.2) is 5.13 Å². The molecule has 104 valence electrons. The first-order valence-electron chi connectivity index (χ1n) is 5.34. The van der Waals surface area contributed by atoms with Gasteiger partial charge in [0.05, 0.1) is 10.2 Å². The maximum Gasteiger partial charge on any atom is 0.573 e. The zero-order valence-corrected chi connectivity index (χ0v) is 10.9. The van der Waals surface area contributed by atoms with E-state index in [4.69, 9.17) is 0 Å². The molecule has 0 unspecified atom stereocenters. The monoisotopic (exact) mass is 292 g/mol. The molecular formula is C11H11F3N2O2S. The molecule has 1 N–H and O–H groups in total. The molecule has 0 spiro atoms. The number of benzene rings is 1. The largest absolute Gasteiger partial charge is 0.573 e. The number of ether oxygens (including phenoxy) is 1. The Balaban J connectivity index is 0.000000861. The number of fused-ring (bicyclic) bond motifs is 1. The number of halogens is 3. The molecule has 4 nitrogen and oxygen atoms in total. The third-order valence-electron chi connectivity index (χ3n) is 1.78. The molecule has 1 heterocycles. The van der Waals surface area contributed by atoms with Gasteiger partial charge in [-0.05, 0) is 12.1 Å². The first kappa shape index (κ1) is 15.2. The van der Waals surface area contributed by atoms with E-state index in [0.29, 0.717) is 21.8 Å². The Hall–Kier alpha value is -1.83. The van der Waals surface area contributed by atoms with Crippen molar-refractivity contribution in [2.45, 2.75) is 20.2 Å². The van der Waals surface area contributed by atoms with Gasteiger partial charge >= 0.3 is 6.36 Å². The number of carbonyl (C=O) groups is 1. The van der Waals surface area contributed by atoms with Crippen LogP contribution in [0.15, 0.2) is 18.2 Å². The Kier molecular flexibility index (Phi) is 5.11. The summed E-state index contributed by atoms with van der Waals surface area (Å²) in [5.74, 6) is -0.314. The van der Waals surface area contributed by atoms with E-state index in [0.717, 1.165) is 11.3 Å². The number of anilines is 1. The highest BCUT2D eigenvalue weighted by Crippen LogP contribution is 2.31. The minimum atomic E-state index is -4.72. The average Bonchev–Trinajstić information content (AvgIpc) is 2.71. The van der Waals surface area contributed by atoms with Crippen molar-refractivity contribution >= 4 is 33.1 Å². The molecule has 0 fully saturated rings. The zero-order chi connectivity index (χ0) is 14.5. The van der Waals surface area contributed by atoms with Gasteiger partial charge in [0.25, 0.3) is 0 Å². The van der Waals surface area contributed by atoms with Gasteiger partial charge in [-0.1, -0.05) is 25.2 Å². The van der Waals surface area contributed by atoms with Gasteiger partial charge in [-0.15, -0.1) is 13.2 Å². The fourth-order valence-electron chi connectivity index (χ4n) is 1.21. The van der Waals surface area contributed by atoms with E-state index in [1.807, 2.05) is 13.8 Å². The first-order valence-corrected chi connectivity index (χ1v) is 6.16. The van der Waals surface area contributed by atoms with Crippen LogP contribution in [0.25, 0.3) is 10.2 Å². The molecule has 0 atom stereocenters. The van der Waals surface area contributed by atoms with Crippen LogP contribution in [0.3, 0.4) is 0 Å². The second-order valence-electron chi connectivity index (χ2n) is 2.96.